The van der Waals surface area contributed by atoms with Gasteiger partial charge >= 0.3 is 0 Å². The number of aromatic amines is 1. The van der Waals surface area contributed by atoms with Crippen LogP contribution in [0.15, 0.2) is 29.6 Å². The first-order valence-corrected chi connectivity index (χ1v) is 7.73. The van der Waals surface area contributed by atoms with Gasteiger partial charge in [0.15, 0.2) is 0 Å². The van der Waals surface area contributed by atoms with E-state index < -0.39 is 0 Å². The fourth-order valence-corrected chi connectivity index (χ4v) is 3.08. The molecule has 128 valence electrons. The number of nitrogens with one attached hydrogen (secondary N) is 2. The minimum absolute atomic E-state index is 0.243. The number of amides is 1. The number of fused-ring (bicyclic) bond motifs is 2. The first-order valence-electron chi connectivity index (χ1n) is 7.73. The van der Waals surface area contributed by atoms with Gasteiger partial charge in [0.2, 0.25) is 5.95 Å². The van der Waals surface area contributed by atoms with E-state index in [0.717, 1.165) is 16.6 Å². The zero-order chi connectivity index (χ0) is 17.7. The number of carbonyl (C=O) groups excluding carboxylic acids is 1. The number of nitrogens with zero attached hydrogens (tertiary/aromatic N) is 6. The molecule has 4 N–H and O–H groups in total. The third-order valence-electron chi connectivity index (χ3n) is 4.56. The van der Waals surface area contributed by atoms with E-state index in [1.807, 2.05) is 20.9 Å². The van der Waals surface area contributed by atoms with Crippen LogP contribution in [0.25, 0.3) is 10.9 Å². The van der Waals surface area contributed by atoms with Crippen LogP contribution in [-0.4, -0.2) is 43.4 Å². The highest BCUT2D eigenvalue weighted by Crippen LogP contribution is 2.33. The van der Waals surface area contributed by atoms with E-state index in [4.69, 9.17) is 5.73 Å². The largest absolute Gasteiger partial charge is 0.397 e. The van der Waals surface area contributed by atoms with Crippen molar-refractivity contribution in [2.75, 3.05) is 23.0 Å². The second-order valence-corrected chi connectivity index (χ2v) is 6.01. The summed E-state index contributed by atoms with van der Waals surface area (Å²) in [7, 11) is 1.82. The summed E-state index contributed by atoms with van der Waals surface area (Å²) in [6.45, 7) is 3.75. The van der Waals surface area contributed by atoms with Crippen LogP contribution >= 0.6 is 0 Å². The van der Waals surface area contributed by atoms with Crippen LogP contribution in [0.2, 0.25) is 0 Å². The molecule has 1 unspecified atom stereocenters. The maximum atomic E-state index is 12.9. The van der Waals surface area contributed by atoms with Crippen LogP contribution in [0.5, 0.6) is 0 Å². The molecule has 0 bridgehead atoms. The van der Waals surface area contributed by atoms with Crippen molar-refractivity contribution in [3.63, 3.8) is 0 Å². The zero-order valence-corrected chi connectivity index (χ0v) is 14.0. The summed E-state index contributed by atoms with van der Waals surface area (Å²) in [4.78, 5) is 14.7. The van der Waals surface area contributed by atoms with Gasteiger partial charge in [-0.3, -0.25) is 9.89 Å². The number of allylic oxidation sites excluding steroid dienone is 1. The second kappa shape index (κ2) is 5.30. The number of rotatable bonds is 2. The average Bonchev–Trinajstić information content (AvgIpc) is 3.22. The molecule has 0 spiro atoms. The Balaban J connectivity index is 1.70. The van der Waals surface area contributed by atoms with E-state index in [-0.39, 0.29) is 11.9 Å². The van der Waals surface area contributed by atoms with Crippen molar-refractivity contribution in [2.24, 2.45) is 0 Å². The number of carbonyl (C=O) groups is 1. The Morgan fingerprint density at radius 1 is 1.40 bits per heavy atom. The van der Waals surface area contributed by atoms with Gasteiger partial charge in [0, 0.05) is 18.1 Å². The molecular weight excluding hydrogens is 322 g/mol. The van der Waals surface area contributed by atoms with Crippen LogP contribution < -0.4 is 16.0 Å². The Labute approximate surface area is 142 Å². The van der Waals surface area contributed by atoms with Gasteiger partial charge in [-0.2, -0.15) is 5.10 Å². The van der Waals surface area contributed by atoms with Gasteiger partial charge in [-0.25, -0.2) is 4.68 Å². The van der Waals surface area contributed by atoms with E-state index >= 15 is 0 Å². The van der Waals surface area contributed by atoms with Gasteiger partial charge in [-0.05, 0) is 36.4 Å². The normalized spacial score (nSPS) is 17.1. The van der Waals surface area contributed by atoms with Crippen molar-refractivity contribution in [2.45, 2.75) is 19.9 Å². The number of anilines is 3. The monoisotopic (exact) mass is 339 g/mol. The van der Waals surface area contributed by atoms with Crippen molar-refractivity contribution >= 4 is 34.1 Å². The number of nitrogen functional groups attached to an aromatic ring is 1. The summed E-state index contributed by atoms with van der Waals surface area (Å²) >= 11 is 0. The molecule has 0 aliphatic carbocycles. The zero-order valence-electron chi connectivity index (χ0n) is 14.0. The quantitative estimate of drug-likeness (QED) is 0.595. The Morgan fingerprint density at radius 3 is 3.00 bits per heavy atom. The lowest BCUT2D eigenvalue weighted by Crippen LogP contribution is -2.34. The molecule has 1 amide bonds. The van der Waals surface area contributed by atoms with Crippen LogP contribution in [-0.2, 0) is 4.79 Å². The van der Waals surface area contributed by atoms with E-state index in [9.17, 15) is 4.79 Å². The minimum atomic E-state index is -0.292. The summed E-state index contributed by atoms with van der Waals surface area (Å²) in [5, 5.41) is 22.2. The Morgan fingerprint density at radius 2 is 2.20 bits per heavy atom. The highest BCUT2D eigenvalue weighted by atomic mass is 16.1. The Hall–Kier alpha value is -3.43. The Kier molecular flexibility index (Phi) is 3.20. The number of benzene rings is 1. The molecule has 4 rings (SSSR count). The average molecular weight is 339 g/mol. The van der Waals surface area contributed by atoms with E-state index in [1.165, 1.54) is 0 Å². The lowest BCUT2D eigenvalue weighted by molar-refractivity contribution is -0.113. The number of nitrogens with two attached hydrogens (primary N) is 1. The molecule has 0 radical (unpaired) electrons. The summed E-state index contributed by atoms with van der Waals surface area (Å²) in [6.07, 6.45) is 1.68. The highest BCUT2D eigenvalue weighted by Gasteiger charge is 2.32. The third-order valence-corrected chi connectivity index (χ3v) is 4.56. The molecular formula is C15H17N9O. The standard InChI is InChI=1S/C15H17N9O/c1-7-13(8(2)24-15(23(7)3)20-21-22-24)14(25)18-12-4-9-6-17-19-11(9)5-10(12)16/h4-6,8H,16H2,1-3H3,(H,17,19)(H,18,25). The summed E-state index contributed by atoms with van der Waals surface area (Å²) in [6, 6.07) is 3.25. The maximum Gasteiger partial charge on any atom is 0.255 e. The molecule has 1 aliphatic heterocycles. The summed E-state index contributed by atoms with van der Waals surface area (Å²) < 4.78 is 1.62. The van der Waals surface area contributed by atoms with E-state index in [0.29, 0.717) is 22.9 Å². The molecule has 1 aromatic carbocycles. The Bertz CT molecular complexity index is 1020. The molecule has 3 heterocycles. The predicted octanol–water partition coefficient (Wildman–Crippen LogP) is 1.06. The molecule has 1 atom stereocenters. The van der Waals surface area contributed by atoms with Crippen molar-refractivity contribution in [3.8, 4) is 0 Å². The molecule has 10 heteroatoms. The van der Waals surface area contributed by atoms with E-state index in [2.05, 4.69) is 31.0 Å². The minimum Gasteiger partial charge on any atom is -0.397 e. The summed E-state index contributed by atoms with van der Waals surface area (Å²) in [5.74, 6) is 0.355. The molecule has 10 nitrogen and oxygen atoms in total. The van der Waals surface area contributed by atoms with Crippen molar-refractivity contribution in [1.29, 1.82) is 0 Å². The fraction of sp³-hybridized carbons (Fsp3) is 0.267. The van der Waals surface area contributed by atoms with Gasteiger partial charge in [-0.1, -0.05) is 5.10 Å². The number of aromatic nitrogens is 6. The van der Waals surface area contributed by atoms with Gasteiger partial charge in [0.1, 0.15) is 0 Å². The smallest absolute Gasteiger partial charge is 0.255 e. The lowest BCUT2D eigenvalue weighted by atomic mass is 10.0. The third kappa shape index (κ3) is 2.22. The topological polar surface area (TPSA) is 131 Å². The van der Waals surface area contributed by atoms with Crippen LogP contribution in [0, 0.1) is 0 Å². The molecule has 0 fully saturated rings. The number of tetrazole rings is 1. The SMILES string of the molecule is CC1=C(C(=O)Nc2cc3cn[nH]c3cc2N)C(C)n2nnnc2N1C. The molecule has 3 aromatic rings. The second-order valence-electron chi connectivity index (χ2n) is 6.01. The van der Waals surface area contributed by atoms with Gasteiger partial charge in [-0.15, -0.1) is 0 Å². The van der Waals surface area contributed by atoms with Gasteiger partial charge in [0.25, 0.3) is 5.91 Å². The lowest BCUT2D eigenvalue weighted by Gasteiger charge is -2.30. The summed E-state index contributed by atoms with van der Waals surface area (Å²) in [5.41, 5.74) is 9.23. The molecule has 0 saturated heterocycles. The molecule has 25 heavy (non-hydrogen) atoms. The van der Waals surface area contributed by atoms with Gasteiger partial charge in [0.05, 0.1) is 34.7 Å². The maximum absolute atomic E-state index is 12.9. The number of hydrogen-bond acceptors (Lipinski definition) is 7. The van der Waals surface area contributed by atoms with Crippen molar-refractivity contribution < 1.29 is 4.79 Å². The molecule has 1 aliphatic rings. The van der Waals surface area contributed by atoms with Gasteiger partial charge < -0.3 is 16.0 Å². The number of hydrogen-bond donors (Lipinski definition) is 3. The van der Waals surface area contributed by atoms with Crippen LogP contribution in [0.4, 0.5) is 17.3 Å². The van der Waals surface area contributed by atoms with E-state index in [1.54, 1.807) is 27.9 Å². The first kappa shape index (κ1) is 15.1. The fourth-order valence-electron chi connectivity index (χ4n) is 3.08. The van der Waals surface area contributed by atoms with Crippen LogP contribution in [0.3, 0.4) is 0 Å². The predicted molar refractivity (Wildman–Crippen MR) is 92.8 cm³/mol. The van der Waals surface area contributed by atoms with Crippen molar-refractivity contribution in [3.05, 3.63) is 29.6 Å². The number of H-pyrrole nitrogens is 1. The first-order chi connectivity index (χ1) is 12.0. The van der Waals surface area contributed by atoms with Crippen molar-refractivity contribution in [1.82, 2.24) is 30.4 Å². The molecule has 0 saturated carbocycles. The highest BCUT2D eigenvalue weighted by molar-refractivity contribution is 6.08. The molecule has 2 aromatic heterocycles. The van der Waals surface area contributed by atoms with Crippen LogP contribution in [0.1, 0.15) is 19.9 Å².